The third-order valence-electron chi connectivity index (χ3n) is 9.74. The van der Waals surface area contributed by atoms with E-state index in [-0.39, 0.29) is 23.7 Å². The fourth-order valence-electron chi connectivity index (χ4n) is 7.96. The summed E-state index contributed by atoms with van der Waals surface area (Å²) in [6, 6.07) is 16.6. The van der Waals surface area contributed by atoms with Gasteiger partial charge in [-0.05, 0) is 61.1 Å². The van der Waals surface area contributed by atoms with Crippen LogP contribution in [0.15, 0.2) is 48.5 Å². The molecule has 4 nitrogen and oxygen atoms in total. The molecule has 36 heavy (non-hydrogen) atoms. The molecule has 192 valence electrons. The first-order valence-electron chi connectivity index (χ1n) is 14.2. The van der Waals surface area contributed by atoms with E-state index in [2.05, 4.69) is 40.5 Å². The van der Waals surface area contributed by atoms with Crippen LogP contribution in [0.3, 0.4) is 0 Å². The summed E-state index contributed by atoms with van der Waals surface area (Å²) in [6.45, 7) is 3.25. The van der Waals surface area contributed by atoms with Crippen molar-refractivity contribution in [2.24, 2.45) is 11.8 Å². The van der Waals surface area contributed by atoms with Crippen molar-refractivity contribution in [3.05, 3.63) is 71.0 Å². The lowest BCUT2D eigenvalue weighted by atomic mass is 9.69. The minimum absolute atomic E-state index is 0.169. The van der Waals surface area contributed by atoms with Gasteiger partial charge in [-0.2, -0.15) is 0 Å². The van der Waals surface area contributed by atoms with Gasteiger partial charge >= 0.3 is 0 Å². The van der Waals surface area contributed by atoms with Gasteiger partial charge < -0.3 is 15.0 Å². The predicted octanol–water partition coefficient (Wildman–Crippen LogP) is 4.18. The molecule has 6 rings (SSSR count). The van der Waals surface area contributed by atoms with Crippen molar-refractivity contribution in [3.8, 4) is 0 Å². The van der Waals surface area contributed by atoms with Crippen LogP contribution < -0.4 is 5.32 Å². The van der Waals surface area contributed by atoms with E-state index < -0.39 is 5.41 Å². The number of carbonyl (C=O) groups is 1. The highest BCUT2D eigenvalue weighted by molar-refractivity contribution is 5.82. The second-order valence-electron chi connectivity index (χ2n) is 11.6. The third kappa shape index (κ3) is 4.28. The molecular weight excluding hydrogens is 451 g/mol. The maximum atomic E-state index is 15.4. The van der Waals surface area contributed by atoms with E-state index >= 15 is 4.39 Å². The largest absolute Gasteiger partial charge is 0.380 e. The van der Waals surface area contributed by atoms with E-state index in [1.54, 1.807) is 12.1 Å². The Morgan fingerprint density at radius 3 is 2.69 bits per heavy atom. The summed E-state index contributed by atoms with van der Waals surface area (Å²) in [6.07, 6.45) is 9.06. The van der Waals surface area contributed by atoms with Crippen LogP contribution in [0.25, 0.3) is 0 Å². The molecule has 2 saturated heterocycles. The maximum Gasteiger partial charge on any atom is 0.232 e. The molecular formula is C31H40FN2O2+. The van der Waals surface area contributed by atoms with E-state index in [0.29, 0.717) is 44.6 Å². The predicted molar refractivity (Wildman–Crippen MR) is 138 cm³/mol. The lowest BCUT2D eigenvalue weighted by Gasteiger charge is -2.46. The average molecular weight is 492 g/mol. The van der Waals surface area contributed by atoms with Gasteiger partial charge in [0, 0.05) is 18.2 Å². The number of benzene rings is 2. The van der Waals surface area contributed by atoms with Crippen molar-refractivity contribution < 1.29 is 19.2 Å². The molecule has 0 aromatic heterocycles. The van der Waals surface area contributed by atoms with Gasteiger partial charge in [0.2, 0.25) is 5.91 Å². The number of quaternary nitrogens is 1. The molecule has 1 amide bonds. The molecule has 2 aromatic carbocycles. The van der Waals surface area contributed by atoms with Gasteiger partial charge in [0.15, 0.2) is 0 Å². The molecule has 1 aliphatic carbocycles. The minimum Gasteiger partial charge on any atom is -0.380 e. The standard InChI is InChI=1S/C31H39FN2O2/c32-27-13-7-12-24-15-17-36-21-31(29(24)27)20-33-19-26(31)30(35)34-16-14-25(22-8-3-1-4-9-22)18-28(34)23-10-5-2-6-11-23/h1,3-4,7-9,12-13,23,25-26,28,33H,2,5-6,10-11,14-21H2/p+1/t25-,26+,28+,31?/m1/s1. The molecule has 3 fully saturated rings. The zero-order chi connectivity index (χ0) is 24.5. The number of hydrogen-bond donors (Lipinski definition) is 1. The van der Waals surface area contributed by atoms with Gasteiger partial charge in [-0.25, -0.2) is 4.39 Å². The monoisotopic (exact) mass is 491 g/mol. The first-order valence-corrected chi connectivity index (χ1v) is 14.2. The number of carbonyl (C=O) groups excluding carboxylic acids is 1. The Labute approximate surface area is 214 Å². The number of nitrogens with zero attached hydrogens (tertiary/aromatic N) is 1. The highest BCUT2D eigenvalue weighted by atomic mass is 19.1. The topological polar surface area (TPSA) is 46.1 Å². The molecule has 0 radical (unpaired) electrons. The van der Waals surface area contributed by atoms with Gasteiger partial charge in [0.25, 0.3) is 0 Å². The van der Waals surface area contributed by atoms with Crippen molar-refractivity contribution in [3.63, 3.8) is 0 Å². The molecule has 0 bridgehead atoms. The van der Waals surface area contributed by atoms with Crippen LogP contribution in [-0.4, -0.2) is 49.7 Å². The molecule has 1 unspecified atom stereocenters. The van der Waals surface area contributed by atoms with E-state index in [9.17, 15) is 4.79 Å². The first kappa shape index (κ1) is 24.1. The normalized spacial score (nSPS) is 31.2. The van der Waals surface area contributed by atoms with Crippen LogP contribution in [0.2, 0.25) is 0 Å². The molecule has 3 aliphatic heterocycles. The van der Waals surface area contributed by atoms with Crippen LogP contribution in [0.5, 0.6) is 0 Å². The average Bonchev–Trinajstić information content (AvgIpc) is 3.25. The quantitative estimate of drug-likeness (QED) is 0.700. The van der Waals surface area contributed by atoms with Gasteiger partial charge in [-0.3, -0.25) is 4.79 Å². The second kappa shape index (κ2) is 10.3. The number of halogens is 1. The minimum atomic E-state index is -0.582. The highest BCUT2D eigenvalue weighted by Gasteiger charge is 2.56. The molecule has 5 heteroatoms. The van der Waals surface area contributed by atoms with Crippen LogP contribution in [0.4, 0.5) is 4.39 Å². The molecule has 2 N–H and O–H groups in total. The lowest BCUT2D eigenvalue weighted by Crippen LogP contribution is -2.82. The van der Waals surface area contributed by atoms with Gasteiger partial charge in [0.05, 0.1) is 31.7 Å². The van der Waals surface area contributed by atoms with Crippen LogP contribution in [0, 0.1) is 17.7 Å². The number of likely N-dealkylation sites (tertiary alicyclic amines) is 1. The van der Waals surface area contributed by atoms with Crippen molar-refractivity contribution in [1.82, 2.24) is 4.90 Å². The van der Waals surface area contributed by atoms with Crippen molar-refractivity contribution in [2.75, 3.05) is 32.8 Å². The number of nitrogens with two attached hydrogens (primary N) is 1. The van der Waals surface area contributed by atoms with E-state index in [4.69, 9.17) is 4.74 Å². The second-order valence-corrected chi connectivity index (χ2v) is 11.6. The Bertz CT molecular complexity index is 1070. The third-order valence-corrected chi connectivity index (χ3v) is 9.74. The Morgan fingerprint density at radius 2 is 1.86 bits per heavy atom. The van der Waals surface area contributed by atoms with Crippen molar-refractivity contribution in [1.29, 1.82) is 0 Å². The van der Waals surface area contributed by atoms with Crippen molar-refractivity contribution >= 4 is 5.91 Å². The van der Waals surface area contributed by atoms with E-state index in [1.165, 1.54) is 37.7 Å². The lowest BCUT2D eigenvalue weighted by molar-refractivity contribution is -0.640. The summed E-state index contributed by atoms with van der Waals surface area (Å²) in [5, 5.41) is 2.22. The Balaban J connectivity index is 1.33. The fourth-order valence-corrected chi connectivity index (χ4v) is 7.96. The zero-order valence-electron chi connectivity index (χ0n) is 21.3. The van der Waals surface area contributed by atoms with Gasteiger partial charge in [0.1, 0.15) is 11.7 Å². The van der Waals surface area contributed by atoms with Crippen molar-refractivity contribution in [2.45, 2.75) is 68.7 Å². The Kier molecular flexibility index (Phi) is 6.87. The number of piperidine rings is 1. The summed E-state index contributed by atoms with van der Waals surface area (Å²) >= 11 is 0. The molecule has 2 aromatic rings. The number of fused-ring (bicyclic) bond motifs is 2. The Morgan fingerprint density at radius 1 is 1.03 bits per heavy atom. The number of hydrogen-bond acceptors (Lipinski definition) is 2. The van der Waals surface area contributed by atoms with E-state index in [0.717, 1.165) is 30.5 Å². The highest BCUT2D eigenvalue weighted by Crippen LogP contribution is 2.44. The summed E-state index contributed by atoms with van der Waals surface area (Å²) < 4.78 is 21.5. The number of rotatable bonds is 3. The molecule has 1 spiro atoms. The molecule has 3 heterocycles. The Hall–Kier alpha value is -2.24. The molecule has 1 saturated carbocycles. The van der Waals surface area contributed by atoms with E-state index in [1.807, 2.05) is 6.07 Å². The fraction of sp³-hybridized carbons (Fsp3) is 0.581. The molecule has 4 aliphatic rings. The number of amides is 1. The van der Waals surface area contributed by atoms with Crippen LogP contribution in [0.1, 0.15) is 67.6 Å². The van der Waals surface area contributed by atoms with Gasteiger partial charge in [-0.1, -0.05) is 61.7 Å². The zero-order valence-corrected chi connectivity index (χ0v) is 21.3. The summed E-state index contributed by atoms with van der Waals surface area (Å²) in [7, 11) is 0. The van der Waals surface area contributed by atoms with Crippen LogP contribution >= 0.6 is 0 Å². The maximum absolute atomic E-state index is 15.4. The number of ether oxygens (including phenoxy) is 1. The smallest absolute Gasteiger partial charge is 0.232 e. The van der Waals surface area contributed by atoms with Crippen LogP contribution in [-0.2, 0) is 21.4 Å². The SMILES string of the molecule is O=C([C@@H]1C[NH2+]CC12COCCc1cccc(F)c12)N1CC[C@@H](c2ccccc2)C[C@H]1C1CCCCC1. The van der Waals surface area contributed by atoms with Gasteiger partial charge in [-0.15, -0.1) is 0 Å². The summed E-state index contributed by atoms with van der Waals surface area (Å²) in [5.41, 5.74) is 2.60. The summed E-state index contributed by atoms with van der Waals surface area (Å²) in [4.78, 5) is 16.8. The molecule has 4 atom stereocenters. The first-order chi connectivity index (χ1) is 17.7. The summed E-state index contributed by atoms with van der Waals surface area (Å²) in [5.74, 6) is 0.907.